The number of aromatic nitrogens is 1. The lowest BCUT2D eigenvalue weighted by atomic mass is 10.0. The fourth-order valence-corrected chi connectivity index (χ4v) is 3.99. The van der Waals surface area contributed by atoms with E-state index in [2.05, 4.69) is 10.1 Å². The van der Waals surface area contributed by atoms with Crippen LogP contribution in [0, 0.1) is 0 Å². The molecule has 1 unspecified atom stereocenters. The summed E-state index contributed by atoms with van der Waals surface area (Å²) in [5.41, 5.74) is 1.92. The number of nitrogens with zero attached hydrogens (tertiary/aromatic N) is 2. The Morgan fingerprint density at radius 1 is 1.13 bits per heavy atom. The highest BCUT2D eigenvalue weighted by Gasteiger charge is 2.27. The highest BCUT2D eigenvalue weighted by Crippen LogP contribution is 2.33. The second-order valence-electron chi connectivity index (χ2n) is 7.83. The molecule has 1 saturated heterocycles. The highest BCUT2D eigenvalue weighted by atomic mass is 16.5. The van der Waals surface area contributed by atoms with Crippen LogP contribution in [0.2, 0.25) is 0 Å². The number of carbonyl (C=O) groups excluding carboxylic acids is 1. The topological polar surface area (TPSA) is 77.9 Å². The number of methoxy groups -OCH3 is 1. The first kappa shape index (κ1) is 21.2. The van der Waals surface area contributed by atoms with Crippen LogP contribution >= 0.6 is 0 Å². The molecule has 1 atom stereocenters. The van der Waals surface area contributed by atoms with Crippen LogP contribution in [-0.2, 0) is 22.7 Å². The molecule has 31 heavy (non-hydrogen) atoms. The van der Waals surface area contributed by atoms with Crippen molar-refractivity contribution in [2.75, 3.05) is 13.7 Å². The average molecular weight is 424 g/mol. The highest BCUT2D eigenvalue weighted by molar-refractivity contribution is 5.65. The third-order valence-electron chi connectivity index (χ3n) is 5.60. The molecular formula is C24H28N2O5. The zero-order valence-electron chi connectivity index (χ0n) is 18.0. The quantitative estimate of drug-likeness (QED) is 0.487. The standard InChI is InChI=1S/C24H28N2O5/c1-17(27)29-16-21-12-11-20(30-21)15-26-13-5-3-4-6-23(26)22-14-24(31-25-22)18-7-9-19(28-2)10-8-18/h7-12,14,23H,3-6,13,15-16H2,1-2H3. The maximum absolute atomic E-state index is 11.0. The predicted octanol–water partition coefficient (Wildman–Crippen LogP) is 5.12. The van der Waals surface area contributed by atoms with E-state index in [9.17, 15) is 4.79 Å². The minimum atomic E-state index is -0.316. The molecule has 7 nitrogen and oxygen atoms in total. The van der Waals surface area contributed by atoms with E-state index >= 15 is 0 Å². The lowest BCUT2D eigenvalue weighted by molar-refractivity contribution is -0.142. The molecule has 3 heterocycles. The second kappa shape index (κ2) is 9.83. The van der Waals surface area contributed by atoms with Crippen LogP contribution in [0.15, 0.2) is 51.4 Å². The summed E-state index contributed by atoms with van der Waals surface area (Å²) in [6.07, 6.45) is 4.52. The van der Waals surface area contributed by atoms with Gasteiger partial charge in [0.05, 0.1) is 19.7 Å². The van der Waals surface area contributed by atoms with Crippen molar-refractivity contribution in [1.82, 2.24) is 10.1 Å². The van der Waals surface area contributed by atoms with Gasteiger partial charge in [0.2, 0.25) is 0 Å². The number of esters is 1. The second-order valence-corrected chi connectivity index (χ2v) is 7.83. The molecule has 1 fully saturated rings. The van der Waals surface area contributed by atoms with Gasteiger partial charge in [0.1, 0.15) is 29.6 Å². The Bertz CT molecular complexity index is 992. The Morgan fingerprint density at radius 3 is 2.71 bits per heavy atom. The van der Waals surface area contributed by atoms with Gasteiger partial charge in [-0.1, -0.05) is 18.0 Å². The third-order valence-corrected chi connectivity index (χ3v) is 5.60. The number of rotatable bonds is 7. The van der Waals surface area contributed by atoms with Gasteiger partial charge in [0, 0.05) is 18.6 Å². The largest absolute Gasteiger partial charge is 0.497 e. The van der Waals surface area contributed by atoms with Gasteiger partial charge in [-0.15, -0.1) is 0 Å². The van der Waals surface area contributed by atoms with Gasteiger partial charge in [-0.05, 0) is 55.8 Å². The first-order valence-electron chi connectivity index (χ1n) is 10.7. The van der Waals surface area contributed by atoms with Crippen molar-refractivity contribution in [3.05, 3.63) is 59.7 Å². The molecule has 0 amide bonds. The number of ether oxygens (including phenoxy) is 2. The van der Waals surface area contributed by atoms with E-state index in [1.807, 2.05) is 42.5 Å². The molecular weight excluding hydrogens is 396 g/mol. The summed E-state index contributed by atoms with van der Waals surface area (Å²) < 4.78 is 21.8. The van der Waals surface area contributed by atoms with Gasteiger partial charge in [0.25, 0.3) is 0 Å². The molecule has 0 N–H and O–H groups in total. The Morgan fingerprint density at radius 2 is 1.94 bits per heavy atom. The molecule has 2 aromatic heterocycles. The monoisotopic (exact) mass is 424 g/mol. The van der Waals surface area contributed by atoms with E-state index < -0.39 is 0 Å². The molecule has 0 bridgehead atoms. The summed E-state index contributed by atoms with van der Waals surface area (Å²) in [4.78, 5) is 13.4. The van der Waals surface area contributed by atoms with E-state index in [0.29, 0.717) is 12.3 Å². The third kappa shape index (κ3) is 5.35. The lowest BCUT2D eigenvalue weighted by Gasteiger charge is -2.27. The number of carbonyl (C=O) groups is 1. The molecule has 3 aromatic rings. The van der Waals surface area contributed by atoms with E-state index in [1.54, 1.807) is 7.11 Å². The molecule has 1 aliphatic rings. The molecule has 0 spiro atoms. The van der Waals surface area contributed by atoms with Gasteiger partial charge < -0.3 is 18.4 Å². The average Bonchev–Trinajstić information content (AvgIpc) is 3.38. The molecule has 1 aliphatic heterocycles. The fraction of sp³-hybridized carbons (Fsp3) is 0.417. The van der Waals surface area contributed by atoms with Crippen LogP contribution in [0.1, 0.15) is 55.9 Å². The minimum absolute atomic E-state index is 0.160. The van der Waals surface area contributed by atoms with Crippen LogP contribution in [-0.4, -0.2) is 29.7 Å². The van der Waals surface area contributed by atoms with Crippen LogP contribution < -0.4 is 4.74 Å². The Balaban J connectivity index is 1.49. The lowest BCUT2D eigenvalue weighted by Crippen LogP contribution is -2.28. The van der Waals surface area contributed by atoms with E-state index in [-0.39, 0.29) is 18.6 Å². The number of likely N-dealkylation sites (tertiary alicyclic amines) is 1. The summed E-state index contributed by atoms with van der Waals surface area (Å²) in [6, 6.07) is 13.8. The van der Waals surface area contributed by atoms with Crippen LogP contribution in [0.3, 0.4) is 0 Å². The summed E-state index contributed by atoms with van der Waals surface area (Å²) in [6.45, 7) is 3.20. The van der Waals surface area contributed by atoms with Crippen molar-refractivity contribution in [3.63, 3.8) is 0 Å². The molecule has 1 aromatic carbocycles. The summed E-state index contributed by atoms with van der Waals surface area (Å²) in [7, 11) is 1.65. The molecule has 0 saturated carbocycles. The normalized spacial score (nSPS) is 17.3. The maximum atomic E-state index is 11.0. The van der Waals surface area contributed by atoms with Crippen molar-refractivity contribution in [2.24, 2.45) is 0 Å². The first-order chi connectivity index (χ1) is 15.1. The smallest absolute Gasteiger partial charge is 0.303 e. The fourth-order valence-electron chi connectivity index (χ4n) is 3.99. The summed E-state index contributed by atoms with van der Waals surface area (Å²) in [5, 5.41) is 4.41. The Kier molecular flexibility index (Phi) is 6.72. The zero-order chi connectivity index (χ0) is 21.6. The number of hydrogen-bond acceptors (Lipinski definition) is 7. The van der Waals surface area contributed by atoms with E-state index in [0.717, 1.165) is 54.3 Å². The van der Waals surface area contributed by atoms with Gasteiger partial charge in [-0.2, -0.15) is 0 Å². The summed E-state index contributed by atoms with van der Waals surface area (Å²) in [5.74, 6) is 2.76. The van der Waals surface area contributed by atoms with E-state index in [1.165, 1.54) is 13.3 Å². The van der Waals surface area contributed by atoms with Gasteiger partial charge in [-0.25, -0.2) is 0 Å². The molecule has 0 aliphatic carbocycles. The molecule has 7 heteroatoms. The van der Waals surface area contributed by atoms with Gasteiger partial charge in [0.15, 0.2) is 5.76 Å². The van der Waals surface area contributed by atoms with Crippen molar-refractivity contribution >= 4 is 5.97 Å². The predicted molar refractivity (Wildman–Crippen MR) is 114 cm³/mol. The minimum Gasteiger partial charge on any atom is -0.497 e. The van der Waals surface area contributed by atoms with Gasteiger partial charge >= 0.3 is 5.97 Å². The van der Waals surface area contributed by atoms with Crippen molar-refractivity contribution < 1.29 is 23.2 Å². The van der Waals surface area contributed by atoms with Crippen LogP contribution in [0.4, 0.5) is 0 Å². The van der Waals surface area contributed by atoms with Crippen LogP contribution in [0.25, 0.3) is 11.3 Å². The number of furan rings is 1. The van der Waals surface area contributed by atoms with Gasteiger partial charge in [-0.3, -0.25) is 9.69 Å². The number of benzene rings is 1. The first-order valence-corrected chi connectivity index (χ1v) is 10.7. The van der Waals surface area contributed by atoms with E-state index in [4.69, 9.17) is 18.4 Å². The van der Waals surface area contributed by atoms with Crippen LogP contribution in [0.5, 0.6) is 5.75 Å². The summed E-state index contributed by atoms with van der Waals surface area (Å²) >= 11 is 0. The zero-order valence-corrected chi connectivity index (χ0v) is 18.0. The SMILES string of the molecule is COc1ccc(-c2cc(C3CCCCCN3Cc3ccc(COC(C)=O)o3)no2)cc1. The molecule has 164 valence electrons. The van der Waals surface area contributed by atoms with Crippen molar-refractivity contribution in [3.8, 4) is 17.1 Å². The molecule has 0 radical (unpaired) electrons. The van der Waals surface area contributed by atoms with Crippen molar-refractivity contribution in [2.45, 2.75) is 51.8 Å². The Labute approximate surface area is 181 Å². The number of hydrogen-bond donors (Lipinski definition) is 0. The van der Waals surface area contributed by atoms with Crippen molar-refractivity contribution in [1.29, 1.82) is 0 Å². The molecule has 4 rings (SSSR count). The Hall–Kier alpha value is -3.06. The maximum Gasteiger partial charge on any atom is 0.303 e.